The van der Waals surface area contributed by atoms with E-state index in [0.717, 1.165) is 17.9 Å². The molecule has 2 rings (SSSR count). The van der Waals surface area contributed by atoms with Crippen LogP contribution >= 0.6 is 0 Å². The van der Waals surface area contributed by atoms with Gasteiger partial charge < -0.3 is 9.84 Å². The van der Waals surface area contributed by atoms with E-state index in [2.05, 4.69) is 22.8 Å². The van der Waals surface area contributed by atoms with Gasteiger partial charge in [0.2, 0.25) is 0 Å². The van der Waals surface area contributed by atoms with Crippen LogP contribution in [0.5, 0.6) is 5.75 Å². The van der Waals surface area contributed by atoms with Crippen molar-refractivity contribution in [2.45, 2.75) is 38.6 Å². The van der Waals surface area contributed by atoms with Crippen LogP contribution in [0.1, 0.15) is 43.2 Å². The first-order valence-electron chi connectivity index (χ1n) is 7.82. The summed E-state index contributed by atoms with van der Waals surface area (Å²) in [7, 11) is 1.70. The van der Waals surface area contributed by atoms with Gasteiger partial charge in [-0.1, -0.05) is 24.7 Å². The van der Waals surface area contributed by atoms with Crippen LogP contribution < -0.4 is 4.74 Å². The van der Waals surface area contributed by atoms with Gasteiger partial charge in [-0.05, 0) is 49.7 Å². The minimum absolute atomic E-state index is 0.116. The summed E-state index contributed by atoms with van der Waals surface area (Å²) in [6.07, 6.45) is 5.79. The monoisotopic (exact) mass is 287 g/mol. The van der Waals surface area contributed by atoms with Crippen molar-refractivity contribution in [1.82, 2.24) is 4.90 Å². The molecule has 1 aromatic carbocycles. The zero-order valence-electron chi connectivity index (χ0n) is 12.9. The van der Waals surface area contributed by atoms with Crippen molar-refractivity contribution in [3.8, 4) is 17.6 Å². The van der Waals surface area contributed by atoms with E-state index in [1.165, 1.54) is 44.3 Å². The quantitative estimate of drug-likeness (QED) is 0.864. The van der Waals surface area contributed by atoms with E-state index in [1.54, 1.807) is 7.11 Å². The summed E-state index contributed by atoms with van der Waals surface area (Å²) < 4.78 is 5.34. The third kappa shape index (κ3) is 5.08. The van der Waals surface area contributed by atoms with Crippen molar-refractivity contribution >= 4 is 0 Å². The topological polar surface area (TPSA) is 32.7 Å². The number of nitrogens with zero attached hydrogens (tertiary/aromatic N) is 1. The van der Waals surface area contributed by atoms with Gasteiger partial charge in [0.05, 0.1) is 13.7 Å². The Kier molecular flexibility index (Phi) is 6.59. The highest BCUT2D eigenvalue weighted by Gasteiger charge is 2.12. The van der Waals surface area contributed by atoms with Gasteiger partial charge >= 0.3 is 0 Å². The maximum Gasteiger partial charge on any atom is 0.119 e. The molecule has 3 heteroatoms. The normalized spacial score (nSPS) is 15.9. The molecule has 1 aromatic rings. The van der Waals surface area contributed by atoms with Gasteiger partial charge in [0, 0.05) is 18.5 Å². The fourth-order valence-electron chi connectivity index (χ4n) is 2.70. The first-order chi connectivity index (χ1) is 10.3. The van der Waals surface area contributed by atoms with Gasteiger partial charge in [-0.15, -0.1) is 0 Å². The average molecular weight is 287 g/mol. The first kappa shape index (κ1) is 15.9. The smallest absolute Gasteiger partial charge is 0.119 e. The zero-order chi connectivity index (χ0) is 14.9. The van der Waals surface area contributed by atoms with Gasteiger partial charge in [0.25, 0.3) is 0 Å². The third-order valence-corrected chi connectivity index (χ3v) is 3.86. The highest BCUT2D eigenvalue weighted by atomic mass is 16.5. The maximum absolute atomic E-state index is 8.86. The summed E-state index contributed by atoms with van der Waals surface area (Å²) >= 11 is 0. The number of ether oxygens (including phenoxy) is 1. The highest BCUT2D eigenvalue weighted by molar-refractivity contribution is 5.45. The zero-order valence-corrected chi connectivity index (χ0v) is 12.9. The van der Waals surface area contributed by atoms with E-state index < -0.39 is 0 Å². The van der Waals surface area contributed by atoms with Crippen LogP contribution in [-0.2, 0) is 6.54 Å². The number of likely N-dealkylation sites (tertiary alicyclic amines) is 1. The number of hydrogen-bond acceptors (Lipinski definition) is 3. The Labute approximate surface area is 127 Å². The van der Waals surface area contributed by atoms with Crippen LogP contribution in [0.3, 0.4) is 0 Å². The lowest BCUT2D eigenvalue weighted by atomic mass is 10.1. The summed E-state index contributed by atoms with van der Waals surface area (Å²) in [5.74, 6) is 7.08. The number of rotatable bonds is 4. The van der Waals surface area contributed by atoms with Crippen molar-refractivity contribution in [3.63, 3.8) is 0 Å². The molecule has 1 aliphatic heterocycles. The minimum atomic E-state index is 0.116. The van der Waals surface area contributed by atoms with Crippen LogP contribution in [0.2, 0.25) is 0 Å². The van der Waals surface area contributed by atoms with Crippen molar-refractivity contribution < 1.29 is 9.84 Å². The fourth-order valence-corrected chi connectivity index (χ4v) is 2.70. The van der Waals surface area contributed by atoms with Crippen LogP contribution in [0.25, 0.3) is 0 Å². The maximum atomic E-state index is 8.86. The molecular weight excluding hydrogens is 262 g/mol. The van der Waals surface area contributed by atoms with Gasteiger partial charge in [-0.2, -0.15) is 0 Å². The summed E-state index contributed by atoms with van der Waals surface area (Å²) in [5.41, 5.74) is 2.27. The lowest BCUT2D eigenvalue weighted by molar-refractivity contribution is 0.276. The fraction of sp³-hybridized carbons (Fsp3) is 0.556. The molecule has 0 amide bonds. The summed E-state index contributed by atoms with van der Waals surface area (Å²) in [6, 6.07) is 6.07. The number of aliphatic hydroxyl groups excluding tert-OH is 1. The molecule has 1 saturated heterocycles. The second kappa shape index (κ2) is 8.71. The van der Waals surface area contributed by atoms with Crippen molar-refractivity contribution in [2.75, 3.05) is 26.8 Å². The van der Waals surface area contributed by atoms with Gasteiger partial charge in [-0.25, -0.2) is 0 Å². The summed E-state index contributed by atoms with van der Waals surface area (Å²) in [6.45, 7) is 3.38. The summed E-state index contributed by atoms with van der Waals surface area (Å²) in [5, 5.41) is 8.86. The first-order valence-corrected chi connectivity index (χ1v) is 7.82. The van der Waals surface area contributed by atoms with Gasteiger partial charge in [0.1, 0.15) is 5.75 Å². The van der Waals surface area contributed by atoms with Crippen molar-refractivity contribution in [3.05, 3.63) is 29.3 Å². The second-order valence-electron chi connectivity index (χ2n) is 5.49. The average Bonchev–Trinajstić information content (AvgIpc) is 2.77. The molecule has 1 heterocycles. The largest absolute Gasteiger partial charge is 0.497 e. The van der Waals surface area contributed by atoms with Crippen molar-refractivity contribution in [2.24, 2.45) is 0 Å². The van der Waals surface area contributed by atoms with Crippen LogP contribution in [0, 0.1) is 11.8 Å². The van der Waals surface area contributed by atoms with Crippen LogP contribution in [0.4, 0.5) is 0 Å². The van der Waals surface area contributed by atoms with Crippen molar-refractivity contribution in [1.29, 1.82) is 0 Å². The Morgan fingerprint density at radius 1 is 1.19 bits per heavy atom. The molecule has 114 valence electrons. The molecule has 0 atom stereocenters. The van der Waals surface area contributed by atoms with E-state index in [9.17, 15) is 0 Å². The van der Waals surface area contributed by atoms with Crippen LogP contribution in [0.15, 0.2) is 18.2 Å². The second-order valence-corrected chi connectivity index (χ2v) is 5.49. The summed E-state index contributed by atoms with van der Waals surface area (Å²) in [4.78, 5) is 2.51. The van der Waals surface area contributed by atoms with E-state index in [1.807, 2.05) is 12.1 Å². The molecule has 1 N–H and O–H groups in total. The highest BCUT2D eigenvalue weighted by Crippen LogP contribution is 2.20. The molecule has 0 aliphatic carbocycles. The molecule has 0 saturated carbocycles. The molecule has 0 bridgehead atoms. The Morgan fingerprint density at radius 2 is 1.95 bits per heavy atom. The third-order valence-electron chi connectivity index (χ3n) is 3.86. The SMILES string of the molecule is COc1ccc(C#CCCO)c(CN2CCCCCC2)c1. The molecule has 3 nitrogen and oxygen atoms in total. The molecule has 0 aromatic heterocycles. The van der Waals surface area contributed by atoms with E-state index >= 15 is 0 Å². The molecule has 0 unspecified atom stereocenters. The van der Waals surface area contributed by atoms with Gasteiger partial charge in [-0.3, -0.25) is 4.90 Å². The standard InChI is InChI=1S/C18H25NO2/c1-21-18-10-9-16(8-4-7-13-20)17(14-18)15-19-11-5-2-3-6-12-19/h9-10,14,20H,2-3,5-7,11-13,15H2,1H3. The Hall–Kier alpha value is -1.50. The number of methoxy groups -OCH3 is 1. The molecule has 21 heavy (non-hydrogen) atoms. The van der Waals surface area contributed by atoms with Crippen LogP contribution in [-0.4, -0.2) is 36.8 Å². The number of hydrogen-bond donors (Lipinski definition) is 1. The predicted molar refractivity (Wildman–Crippen MR) is 85.3 cm³/mol. The number of benzene rings is 1. The number of aliphatic hydroxyl groups is 1. The predicted octanol–water partition coefficient (Wildman–Crippen LogP) is 2.81. The molecule has 0 spiro atoms. The molecule has 0 radical (unpaired) electrons. The lowest BCUT2D eigenvalue weighted by Gasteiger charge is -2.21. The molecule has 1 fully saturated rings. The Morgan fingerprint density at radius 3 is 2.62 bits per heavy atom. The molecule has 1 aliphatic rings. The van der Waals surface area contributed by atoms with Gasteiger partial charge in [0.15, 0.2) is 0 Å². The lowest BCUT2D eigenvalue weighted by Crippen LogP contribution is -2.24. The van der Waals surface area contributed by atoms with E-state index in [-0.39, 0.29) is 6.61 Å². The Bertz CT molecular complexity index is 494. The Balaban J connectivity index is 2.15. The van der Waals surface area contributed by atoms with E-state index in [4.69, 9.17) is 9.84 Å². The van der Waals surface area contributed by atoms with E-state index in [0.29, 0.717) is 6.42 Å². The minimum Gasteiger partial charge on any atom is -0.497 e. The molecular formula is C18H25NO2.